The van der Waals surface area contributed by atoms with Gasteiger partial charge in [0.25, 0.3) is 0 Å². The molecule has 2 aromatic carbocycles. The lowest BCUT2D eigenvalue weighted by Crippen LogP contribution is -2.05. The first-order valence-corrected chi connectivity index (χ1v) is 9.23. The van der Waals surface area contributed by atoms with E-state index in [0.29, 0.717) is 28.0 Å². The third-order valence-electron chi connectivity index (χ3n) is 4.15. The number of nitrogens with zero attached hydrogens (tertiary/aromatic N) is 2. The number of benzene rings is 2. The van der Waals surface area contributed by atoms with Gasteiger partial charge in [0.2, 0.25) is 5.95 Å². The highest BCUT2D eigenvalue weighted by Gasteiger charge is 2.11. The van der Waals surface area contributed by atoms with E-state index in [0.717, 1.165) is 17.8 Å². The van der Waals surface area contributed by atoms with Gasteiger partial charge in [0.15, 0.2) is 0 Å². The van der Waals surface area contributed by atoms with Crippen molar-refractivity contribution in [2.45, 2.75) is 20.3 Å². The van der Waals surface area contributed by atoms with E-state index in [1.165, 1.54) is 12.7 Å². The van der Waals surface area contributed by atoms with Crippen molar-refractivity contribution in [3.8, 4) is 0 Å². The Bertz CT molecular complexity index is 1010. The molecule has 0 fully saturated rings. The second-order valence-corrected chi connectivity index (χ2v) is 6.57. The first-order chi connectivity index (χ1) is 13.5. The molecule has 28 heavy (non-hydrogen) atoms. The summed E-state index contributed by atoms with van der Waals surface area (Å²) in [7, 11) is 1.34. The maximum Gasteiger partial charge on any atom is 0.337 e. The van der Waals surface area contributed by atoms with Crippen molar-refractivity contribution in [1.82, 2.24) is 9.97 Å². The van der Waals surface area contributed by atoms with Crippen LogP contribution in [0.4, 0.5) is 23.1 Å². The maximum absolute atomic E-state index is 11.8. The van der Waals surface area contributed by atoms with E-state index in [9.17, 15) is 4.79 Å². The minimum Gasteiger partial charge on any atom is -0.465 e. The van der Waals surface area contributed by atoms with Gasteiger partial charge in [0.1, 0.15) is 5.82 Å². The van der Waals surface area contributed by atoms with Crippen LogP contribution in [0.1, 0.15) is 28.5 Å². The fourth-order valence-electron chi connectivity index (χ4n) is 2.76. The molecule has 0 saturated carbocycles. The lowest BCUT2D eigenvalue weighted by atomic mass is 10.1. The highest BCUT2D eigenvalue weighted by molar-refractivity contribution is 6.33. The lowest BCUT2D eigenvalue weighted by Gasteiger charge is -2.13. The number of nitrogens with one attached hydrogen (secondary N) is 2. The highest BCUT2D eigenvalue weighted by atomic mass is 35.5. The molecule has 7 heteroatoms. The van der Waals surface area contributed by atoms with E-state index in [1.54, 1.807) is 24.3 Å². The van der Waals surface area contributed by atoms with Crippen molar-refractivity contribution in [1.29, 1.82) is 0 Å². The van der Waals surface area contributed by atoms with Gasteiger partial charge < -0.3 is 15.4 Å². The number of esters is 1. The van der Waals surface area contributed by atoms with Crippen molar-refractivity contribution in [3.63, 3.8) is 0 Å². The van der Waals surface area contributed by atoms with Crippen molar-refractivity contribution in [3.05, 3.63) is 70.4 Å². The Morgan fingerprint density at radius 2 is 1.86 bits per heavy atom. The predicted molar refractivity (Wildman–Crippen MR) is 112 cm³/mol. The van der Waals surface area contributed by atoms with Crippen LogP contribution in [0.2, 0.25) is 5.02 Å². The molecule has 3 aromatic rings. The Balaban J connectivity index is 1.89. The molecule has 0 radical (unpaired) electrons. The molecule has 0 unspecified atom stereocenters. The van der Waals surface area contributed by atoms with Gasteiger partial charge in [-0.25, -0.2) is 9.78 Å². The summed E-state index contributed by atoms with van der Waals surface area (Å²) in [6.07, 6.45) is 0.899. The normalized spacial score (nSPS) is 10.4. The van der Waals surface area contributed by atoms with Crippen LogP contribution in [-0.2, 0) is 11.2 Å². The van der Waals surface area contributed by atoms with Gasteiger partial charge in [0.05, 0.1) is 23.4 Å². The number of anilines is 4. The number of hydrogen-bond donors (Lipinski definition) is 2. The summed E-state index contributed by atoms with van der Waals surface area (Å²) < 4.78 is 4.76. The topological polar surface area (TPSA) is 76.1 Å². The number of ether oxygens (including phenoxy) is 1. The number of methoxy groups -OCH3 is 1. The van der Waals surface area contributed by atoms with Gasteiger partial charge in [-0.15, -0.1) is 0 Å². The van der Waals surface area contributed by atoms with Crippen LogP contribution in [0.25, 0.3) is 0 Å². The third-order valence-corrected chi connectivity index (χ3v) is 4.48. The number of rotatable bonds is 6. The molecule has 144 valence electrons. The summed E-state index contributed by atoms with van der Waals surface area (Å²) in [5.74, 6) is 0.605. The number of carbonyl (C=O) groups is 1. The van der Waals surface area contributed by atoms with Gasteiger partial charge in [0, 0.05) is 17.4 Å². The highest BCUT2D eigenvalue weighted by Crippen LogP contribution is 2.27. The monoisotopic (exact) mass is 396 g/mol. The van der Waals surface area contributed by atoms with E-state index in [-0.39, 0.29) is 0 Å². The molecule has 3 rings (SSSR count). The van der Waals surface area contributed by atoms with Crippen molar-refractivity contribution in [2.24, 2.45) is 0 Å². The Morgan fingerprint density at radius 3 is 2.61 bits per heavy atom. The van der Waals surface area contributed by atoms with E-state index >= 15 is 0 Å². The molecule has 0 amide bonds. The van der Waals surface area contributed by atoms with Gasteiger partial charge in [-0.2, -0.15) is 4.98 Å². The Kier molecular flexibility index (Phi) is 6.11. The second-order valence-electron chi connectivity index (χ2n) is 6.17. The summed E-state index contributed by atoms with van der Waals surface area (Å²) in [5.41, 5.74) is 3.88. The fraction of sp³-hybridized carbons (Fsp3) is 0.190. The Labute approximate surface area is 168 Å². The summed E-state index contributed by atoms with van der Waals surface area (Å²) in [6, 6.07) is 14.7. The SMILES string of the molecule is CCc1ccccc1Nc1nc(C)cc(Nc2cc(C(=O)OC)ccc2Cl)n1. The zero-order valence-electron chi connectivity index (χ0n) is 15.9. The van der Waals surface area contributed by atoms with Crippen LogP contribution in [0.5, 0.6) is 0 Å². The molecule has 0 spiro atoms. The maximum atomic E-state index is 11.8. The number of carbonyl (C=O) groups excluding carboxylic acids is 1. The molecular weight excluding hydrogens is 376 g/mol. The average Bonchev–Trinajstić information content (AvgIpc) is 2.69. The first-order valence-electron chi connectivity index (χ1n) is 8.85. The van der Waals surface area contributed by atoms with Crippen LogP contribution < -0.4 is 10.6 Å². The Morgan fingerprint density at radius 1 is 1.07 bits per heavy atom. The molecule has 0 aliphatic rings. The van der Waals surface area contributed by atoms with Crippen LogP contribution in [-0.4, -0.2) is 23.0 Å². The third kappa shape index (κ3) is 4.58. The van der Waals surface area contributed by atoms with Crippen LogP contribution in [0.3, 0.4) is 0 Å². The average molecular weight is 397 g/mol. The van der Waals surface area contributed by atoms with Crippen LogP contribution in [0, 0.1) is 6.92 Å². The van der Waals surface area contributed by atoms with Crippen LogP contribution in [0.15, 0.2) is 48.5 Å². The van der Waals surface area contributed by atoms with Gasteiger partial charge in [-0.3, -0.25) is 0 Å². The smallest absolute Gasteiger partial charge is 0.337 e. The number of halogens is 1. The molecule has 0 atom stereocenters. The number of aryl methyl sites for hydroxylation is 2. The molecule has 0 aliphatic carbocycles. The zero-order valence-corrected chi connectivity index (χ0v) is 16.7. The zero-order chi connectivity index (χ0) is 20.1. The lowest BCUT2D eigenvalue weighted by molar-refractivity contribution is 0.0601. The molecule has 2 N–H and O–H groups in total. The number of aromatic nitrogens is 2. The number of hydrogen-bond acceptors (Lipinski definition) is 6. The van der Waals surface area contributed by atoms with Crippen molar-refractivity contribution >= 4 is 40.7 Å². The van der Waals surface area contributed by atoms with Gasteiger partial charge in [-0.1, -0.05) is 36.7 Å². The quantitative estimate of drug-likeness (QED) is 0.552. The van der Waals surface area contributed by atoms with E-state index < -0.39 is 5.97 Å². The summed E-state index contributed by atoms with van der Waals surface area (Å²) in [4.78, 5) is 20.8. The minimum absolute atomic E-state index is 0.399. The molecule has 0 bridgehead atoms. The molecular formula is C21H21ClN4O2. The molecule has 1 heterocycles. The molecule has 0 saturated heterocycles. The minimum atomic E-state index is -0.433. The van der Waals surface area contributed by atoms with Gasteiger partial charge in [-0.05, 0) is 43.2 Å². The fourth-order valence-corrected chi connectivity index (χ4v) is 2.93. The van der Waals surface area contributed by atoms with Crippen molar-refractivity contribution < 1.29 is 9.53 Å². The van der Waals surface area contributed by atoms with Crippen LogP contribution >= 0.6 is 11.6 Å². The van der Waals surface area contributed by atoms with Crippen molar-refractivity contribution in [2.75, 3.05) is 17.7 Å². The summed E-state index contributed by atoms with van der Waals surface area (Å²) in [5, 5.41) is 6.90. The molecule has 6 nitrogen and oxygen atoms in total. The van der Waals surface area contributed by atoms with E-state index in [4.69, 9.17) is 16.3 Å². The second kappa shape index (κ2) is 8.71. The van der Waals surface area contributed by atoms with Gasteiger partial charge >= 0.3 is 5.97 Å². The van der Waals surface area contributed by atoms with E-state index in [2.05, 4.69) is 33.6 Å². The summed E-state index contributed by atoms with van der Waals surface area (Å²) >= 11 is 6.27. The summed E-state index contributed by atoms with van der Waals surface area (Å²) in [6.45, 7) is 3.98. The largest absolute Gasteiger partial charge is 0.465 e. The standard InChI is InChI=1S/C21H21ClN4O2/c1-4-14-7-5-6-8-17(14)25-21-23-13(2)11-19(26-21)24-18-12-15(20(27)28-3)9-10-16(18)22/h5-12H,4H2,1-3H3,(H2,23,24,25,26). The molecule has 1 aromatic heterocycles. The van der Waals surface area contributed by atoms with E-state index in [1.807, 2.05) is 25.1 Å². The predicted octanol–water partition coefficient (Wildman–Crippen LogP) is 5.27. The number of para-hydroxylation sites is 1. The molecule has 0 aliphatic heterocycles. The Hall–Kier alpha value is -3.12. The first kappa shape index (κ1) is 19.6.